The zero-order valence-corrected chi connectivity index (χ0v) is 20.7. The van der Waals surface area contributed by atoms with E-state index in [0.29, 0.717) is 18.2 Å². The number of ether oxygens (including phenoxy) is 1. The average molecular weight is 434 g/mol. The number of hydrogen-bond donors (Lipinski definition) is 2. The molecule has 0 aliphatic carbocycles. The van der Waals surface area contributed by atoms with Crippen LogP contribution in [0.15, 0.2) is 35.6 Å². The fraction of sp³-hybridized carbons (Fsp3) is 0.680. The van der Waals surface area contributed by atoms with Crippen molar-refractivity contribution >= 4 is 11.6 Å². The molecule has 0 unspecified atom stereocenters. The molecule has 6 heteroatoms. The van der Waals surface area contributed by atoms with Crippen molar-refractivity contribution in [3.8, 4) is 0 Å². The Kier molecular flexibility index (Phi) is 10.7. The van der Waals surface area contributed by atoms with Gasteiger partial charge in [-0.05, 0) is 32.9 Å². The van der Waals surface area contributed by atoms with E-state index in [2.05, 4.69) is 23.6 Å². The molecule has 0 aromatic heterocycles. The van der Waals surface area contributed by atoms with E-state index < -0.39 is 0 Å². The van der Waals surface area contributed by atoms with Crippen molar-refractivity contribution in [2.45, 2.75) is 67.5 Å². The van der Waals surface area contributed by atoms with Crippen LogP contribution in [0.25, 0.3) is 0 Å². The Hall–Kier alpha value is -1.92. The summed E-state index contributed by atoms with van der Waals surface area (Å²) in [6, 6.07) is 0.368. The number of allylic oxidation sites excluding steroid dienone is 5. The zero-order chi connectivity index (χ0) is 23.8. The van der Waals surface area contributed by atoms with Gasteiger partial charge in [-0.2, -0.15) is 0 Å². The second kappa shape index (κ2) is 12.2. The number of aliphatic hydroxyl groups is 1. The maximum Gasteiger partial charge on any atom is 0.160 e. The summed E-state index contributed by atoms with van der Waals surface area (Å²) in [7, 11) is 0. The van der Waals surface area contributed by atoms with Crippen molar-refractivity contribution in [3.63, 3.8) is 0 Å². The van der Waals surface area contributed by atoms with Gasteiger partial charge in [0.25, 0.3) is 0 Å². The monoisotopic (exact) mass is 433 g/mol. The lowest BCUT2D eigenvalue weighted by Crippen LogP contribution is -2.58. The molecule has 1 aliphatic heterocycles. The van der Waals surface area contributed by atoms with Crippen molar-refractivity contribution in [2.24, 2.45) is 11.3 Å². The van der Waals surface area contributed by atoms with Crippen LogP contribution in [-0.4, -0.2) is 71.5 Å². The molecule has 1 aliphatic rings. The number of carbonyl (C=O) groups is 1. The maximum absolute atomic E-state index is 11.7. The van der Waals surface area contributed by atoms with E-state index in [1.54, 1.807) is 6.08 Å². The van der Waals surface area contributed by atoms with Crippen LogP contribution in [0.3, 0.4) is 0 Å². The summed E-state index contributed by atoms with van der Waals surface area (Å²) < 4.78 is 5.55. The van der Waals surface area contributed by atoms with Crippen molar-refractivity contribution < 1.29 is 14.6 Å². The fourth-order valence-corrected chi connectivity index (χ4v) is 3.70. The van der Waals surface area contributed by atoms with Crippen LogP contribution in [0.5, 0.6) is 0 Å². The van der Waals surface area contributed by atoms with Gasteiger partial charge in [0.15, 0.2) is 5.78 Å². The topological polar surface area (TPSA) is 76.9 Å². The Labute approximate surface area is 189 Å². The predicted molar refractivity (Wildman–Crippen MR) is 129 cm³/mol. The molecule has 1 heterocycles. The minimum Gasteiger partial charge on any atom is -0.511 e. The van der Waals surface area contributed by atoms with E-state index in [1.165, 1.54) is 0 Å². The third-order valence-corrected chi connectivity index (χ3v) is 5.46. The number of aliphatic hydroxyl groups excluding tert-OH is 1. The van der Waals surface area contributed by atoms with Gasteiger partial charge < -0.3 is 14.7 Å². The summed E-state index contributed by atoms with van der Waals surface area (Å²) in [5.74, 6) is 0.908. The van der Waals surface area contributed by atoms with Crippen LogP contribution in [0.2, 0.25) is 0 Å². The quantitative estimate of drug-likeness (QED) is 0.183. The van der Waals surface area contributed by atoms with Gasteiger partial charge in [-0.25, -0.2) is 0 Å². The largest absolute Gasteiger partial charge is 0.511 e. The molecule has 176 valence electrons. The van der Waals surface area contributed by atoms with E-state index in [4.69, 9.17) is 10.1 Å². The lowest BCUT2D eigenvalue weighted by Gasteiger charge is -2.45. The predicted octanol–water partition coefficient (Wildman–Crippen LogP) is 4.59. The van der Waals surface area contributed by atoms with Gasteiger partial charge in [0, 0.05) is 48.6 Å². The molecule has 0 aromatic rings. The highest BCUT2D eigenvalue weighted by Crippen LogP contribution is 2.27. The lowest BCUT2D eigenvalue weighted by atomic mass is 9.90. The smallest absolute Gasteiger partial charge is 0.160 e. The standard InChI is InChI=1S/C25H43N3O3/c1-9-10-21(24(30)25(6,7)8)11-12-23(26)28-19(4)15-27(16-20(28)5)13-14-31-17-22(29)18(2)3/h9-12,18-20,26,30H,13-17H2,1-8H3/b10-9-,12-11?,24-21?,26-23?/t19-,20+. The molecule has 0 amide bonds. The molecule has 0 aromatic carbocycles. The molecule has 2 atom stereocenters. The SMILES string of the molecule is C/C=C\C(C=CC(=N)N1[C@H](C)CN(CCOCC(=O)C(C)C)C[C@@H]1C)=C(O)C(C)(C)C. The van der Waals surface area contributed by atoms with Gasteiger partial charge in [0.05, 0.1) is 6.61 Å². The van der Waals surface area contributed by atoms with Crippen LogP contribution in [0.1, 0.15) is 55.4 Å². The number of carbonyl (C=O) groups excluding carboxylic acids is 1. The van der Waals surface area contributed by atoms with Gasteiger partial charge in [-0.1, -0.05) is 46.8 Å². The molecule has 1 rings (SSSR count). The Morgan fingerprint density at radius 1 is 1.16 bits per heavy atom. The summed E-state index contributed by atoms with van der Waals surface area (Å²) in [5.41, 5.74) is 0.377. The summed E-state index contributed by atoms with van der Waals surface area (Å²) in [6.07, 6.45) is 7.38. The third-order valence-electron chi connectivity index (χ3n) is 5.46. The van der Waals surface area contributed by atoms with Gasteiger partial charge in [0.1, 0.15) is 18.2 Å². The third kappa shape index (κ3) is 8.62. The summed E-state index contributed by atoms with van der Waals surface area (Å²) in [5, 5.41) is 19.2. The van der Waals surface area contributed by atoms with Crippen molar-refractivity contribution in [1.82, 2.24) is 9.80 Å². The first kappa shape index (κ1) is 27.1. The molecule has 0 radical (unpaired) electrons. The highest BCUT2D eigenvalue weighted by atomic mass is 16.5. The van der Waals surface area contributed by atoms with Crippen LogP contribution in [0.4, 0.5) is 0 Å². The number of nitrogens with zero attached hydrogens (tertiary/aromatic N) is 2. The minimum atomic E-state index is -0.352. The zero-order valence-electron chi connectivity index (χ0n) is 20.7. The highest BCUT2D eigenvalue weighted by molar-refractivity contribution is 5.91. The molecule has 0 spiro atoms. The van der Waals surface area contributed by atoms with Crippen LogP contribution >= 0.6 is 0 Å². The van der Waals surface area contributed by atoms with Crippen molar-refractivity contribution in [2.75, 3.05) is 32.8 Å². The number of rotatable bonds is 9. The molecule has 31 heavy (non-hydrogen) atoms. The van der Waals surface area contributed by atoms with Crippen molar-refractivity contribution in [3.05, 3.63) is 35.6 Å². The van der Waals surface area contributed by atoms with E-state index in [9.17, 15) is 9.90 Å². The number of piperazine rings is 1. The molecule has 2 N–H and O–H groups in total. The Morgan fingerprint density at radius 3 is 2.23 bits per heavy atom. The minimum absolute atomic E-state index is 0.0103. The Morgan fingerprint density at radius 2 is 1.74 bits per heavy atom. The average Bonchev–Trinajstić information content (AvgIpc) is 2.66. The van der Waals surface area contributed by atoms with Crippen molar-refractivity contribution in [1.29, 1.82) is 5.41 Å². The van der Waals surface area contributed by atoms with E-state index in [-0.39, 0.29) is 35.8 Å². The summed E-state index contributed by atoms with van der Waals surface area (Å²) >= 11 is 0. The number of hydrogen-bond acceptors (Lipinski definition) is 5. The van der Waals surface area contributed by atoms with Crippen LogP contribution < -0.4 is 0 Å². The summed E-state index contributed by atoms with van der Waals surface area (Å²) in [6.45, 7) is 19.0. The first-order valence-corrected chi connectivity index (χ1v) is 11.3. The number of ketones is 1. The van der Waals surface area contributed by atoms with Gasteiger partial charge in [-0.15, -0.1) is 0 Å². The molecular formula is C25H43N3O3. The summed E-state index contributed by atoms with van der Waals surface area (Å²) in [4.78, 5) is 16.1. The number of nitrogens with one attached hydrogen (secondary N) is 1. The lowest BCUT2D eigenvalue weighted by molar-refractivity contribution is -0.126. The normalized spacial score (nSPS) is 21.9. The van der Waals surface area contributed by atoms with Gasteiger partial charge in [-0.3, -0.25) is 15.1 Å². The van der Waals surface area contributed by atoms with Gasteiger partial charge >= 0.3 is 0 Å². The van der Waals surface area contributed by atoms with E-state index >= 15 is 0 Å². The van der Waals surface area contributed by atoms with E-state index in [0.717, 1.165) is 25.2 Å². The van der Waals surface area contributed by atoms with Gasteiger partial charge in [0.2, 0.25) is 0 Å². The molecule has 1 saturated heterocycles. The highest BCUT2D eigenvalue weighted by Gasteiger charge is 2.30. The first-order valence-electron chi connectivity index (χ1n) is 11.3. The molecule has 6 nitrogen and oxygen atoms in total. The van der Waals surface area contributed by atoms with Crippen LogP contribution in [-0.2, 0) is 9.53 Å². The first-order chi connectivity index (χ1) is 14.4. The van der Waals surface area contributed by atoms with Crippen LogP contribution in [0, 0.1) is 16.7 Å². The number of Topliss-reactive ketones (excluding diaryl/α,β-unsaturated/α-hetero) is 1. The molecule has 0 bridgehead atoms. The second-order valence-corrected chi connectivity index (χ2v) is 9.81. The second-order valence-electron chi connectivity index (χ2n) is 9.81. The molecular weight excluding hydrogens is 390 g/mol. The number of amidine groups is 1. The molecule has 0 saturated carbocycles. The Bertz CT molecular complexity index is 689. The van der Waals surface area contributed by atoms with E-state index in [1.807, 2.05) is 59.8 Å². The maximum atomic E-state index is 11.7. The Balaban J connectivity index is 2.71. The molecule has 1 fully saturated rings. The fourth-order valence-electron chi connectivity index (χ4n) is 3.70.